The molecule has 0 spiro atoms. The number of hydrogen-bond acceptors (Lipinski definition) is 12. The molecule has 1 aliphatic rings. The van der Waals surface area contributed by atoms with E-state index in [9.17, 15) is 24.0 Å². The van der Waals surface area contributed by atoms with Crippen molar-refractivity contribution in [2.45, 2.75) is 33.1 Å². The zero-order valence-corrected chi connectivity index (χ0v) is 24.1. The van der Waals surface area contributed by atoms with Crippen molar-refractivity contribution in [1.29, 1.82) is 0 Å². The lowest BCUT2D eigenvalue weighted by Crippen LogP contribution is -2.31. The fourth-order valence-corrected chi connectivity index (χ4v) is 4.02. The van der Waals surface area contributed by atoms with Crippen LogP contribution in [-0.2, 0) is 35.1 Å². The zero-order chi connectivity index (χ0) is 31.9. The Morgan fingerprint density at radius 3 is 2.64 bits per heavy atom. The fraction of sp³-hybridized carbons (Fsp3) is 0.286. The van der Waals surface area contributed by atoms with Gasteiger partial charge in [0.15, 0.2) is 35.5 Å². The van der Waals surface area contributed by atoms with E-state index in [1.165, 1.54) is 29.6 Å². The predicted octanol–water partition coefficient (Wildman–Crippen LogP) is 2.20. The number of amides is 2. The van der Waals surface area contributed by atoms with Gasteiger partial charge in [-0.3, -0.25) is 29.3 Å². The van der Waals surface area contributed by atoms with E-state index in [0.717, 1.165) is 10.1 Å². The Morgan fingerprint density at radius 1 is 1.11 bits per heavy atom. The molecule has 0 bridgehead atoms. The number of imidazole rings is 2. The summed E-state index contributed by atoms with van der Waals surface area (Å²) in [4.78, 5) is 76.7. The standard InChI is InChI=1S/C28H28N8O9/c1-16(2)24(38)33-26-32-23-22(25(39)34-26)31-15-36(23)20-10-18(19(44-20)13-43-28(41)35-9-8-29-14-35)45-27(40)30-11-21(37)42-12-17-6-4-3-5-7-17/h3-9,14-16,20H,10-13H2,1-2H3,(H,30,40)(H2,32,33,34,38,39)/t20-/m1/s1. The van der Waals surface area contributed by atoms with Gasteiger partial charge < -0.3 is 24.3 Å². The first-order valence-electron chi connectivity index (χ1n) is 13.6. The zero-order valence-electron chi connectivity index (χ0n) is 24.1. The van der Waals surface area contributed by atoms with Crippen LogP contribution in [0.1, 0.15) is 32.1 Å². The smallest absolute Gasteiger partial charge is 0.419 e. The average molecular weight is 621 g/mol. The van der Waals surface area contributed by atoms with E-state index < -0.39 is 43.1 Å². The minimum absolute atomic E-state index is 0.0182. The lowest BCUT2D eigenvalue weighted by atomic mass is 10.2. The van der Waals surface area contributed by atoms with Crippen LogP contribution in [0.15, 0.2) is 71.7 Å². The summed E-state index contributed by atoms with van der Waals surface area (Å²) in [7, 11) is 0. The van der Waals surface area contributed by atoms with Crippen LogP contribution in [0.25, 0.3) is 11.2 Å². The van der Waals surface area contributed by atoms with E-state index in [1.807, 2.05) is 6.07 Å². The van der Waals surface area contributed by atoms with Crippen molar-refractivity contribution in [3.63, 3.8) is 0 Å². The van der Waals surface area contributed by atoms with E-state index in [-0.39, 0.29) is 53.5 Å². The first kappa shape index (κ1) is 30.5. The summed E-state index contributed by atoms with van der Waals surface area (Å²) in [6.07, 6.45) is 2.52. The molecule has 5 rings (SSSR count). The SMILES string of the molecule is CC(C)C(=O)Nc1nc2c(ncn2[C@H]2CC(OC(=O)NCC(=O)OCc3ccccc3)=C(COC(=O)n3ccnc3)O2)c(=O)[nH]1. The van der Waals surface area contributed by atoms with Crippen molar-refractivity contribution in [2.24, 2.45) is 5.92 Å². The Balaban J connectivity index is 1.29. The molecule has 17 nitrogen and oxygen atoms in total. The molecule has 1 atom stereocenters. The average Bonchev–Trinajstić information content (AvgIpc) is 3.79. The minimum atomic E-state index is -0.993. The molecule has 4 aromatic rings. The Hall–Kier alpha value is -6.00. The molecule has 4 heterocycles. The van der Waals surface area contributed by atoms with Crippen LogP contribution in [-0.4, -0.2) is 66.3 Å². The van der Waals surface area contributed by atoms with Gasteiger partial charge in [-0.2, -0.15) is 4.98 Å². The second-order valence-corrected chi connectivity index (χ2v) is 9.92. The molecule has 17 heteroatoms. The van der Waals surface area contributed by atoms with Crippen molar-refractivity contribution in [3.8, 4) is 0 Å². The number of H-pyrrole nitrogens is 1. The van der Waals surface area contributed by atoms with Gasteiger partial charge in [-0.15, -0.1) is 0 Å². The summed E-state index contributed by atoms with van der Waals surface area (Å²) < 4.78 is 24.3. The van der Waals surface area contributed by atoms with Crippen LogP contribution in [0.3, 0.4) is 0 Å². The summed E-state index contributed by atoms with van der Waals surface area (Å²) in [6, 6.07) is 9.02. The van der Waals surface area contributed by atoms with E-state index in [1.54, 1.807) is 38.1 Å². The molecular formula is C28H28N8O9. The third kappa shape index (κ3) is 7.51. The Bertz CT molecular complexity index is 1800. The van der Waals surface area contributed by atoms with Crippen LogP contribution in [0, 0.1) is 5.92 Å². The highest BCUT2D eigenvalue weighted by molar-refractivity contribution is 5.91. The highest BCUT2D eigenvalue weighted by atomic mass is 16.6. The molecule has 0 aliphatic carbocycles. The summed E-state index contributed by atoms with van der Waals surface area (Å²) in [5.74, 6) is -1.56. The number of ether oxygens (including phenoxy) is 4. The number of aromatic nitrogens is 6. The molecule has 0 saturated heterocycles. The predicted molar refractivity (Wildman–Crippen MR) is 153 cm³/mol. The summed E-state index contributed by atoms with van der Waals surface area (Å²) >= 11 is 0. The molecule has 1 aliphatic heterocycles. The molecule has 45 heavy (non-hydrogen) atoms. The quantitative estimate of drug-likeness (QED) is 0.172. The van der Waals surface area contributed by atoms with Crippen molar-refractivity contribution in [3.05, 3.63) is 82.8 Å². The Labute approximate surface area is 254 Å². The van der Waals surface area contributed by atoms with E-state index in [4.69, 9.17) is 18.9 Å². The minimum Gasteiger partial charge on any atom is -0.467 e. The maximum absolute atomic E-state index is 12.6. The van der Waals surface area contributed by atoms with Crippen LogP contribution < -0.4 is 16.2 Å². The molecule has 3 aromatic heterocycles. The monoisotopic (exact) mass is 620 g/mol. The lowest BCUT2D eigenvalue weighted by Gasteiger charge is -2.15. The summed E-state index contributed by atoms with van der Waals surface area (Å²) in [6.45, 7) is 2.48. The van der Waals surface area contributed by atoms with Gasteiger partial charge >= 0.3 is 18.2 Å². The third-order valence-electron chi connectivity index (χ3n) is 6.34. The fourth-order valence-electron chi connectivity index (χ4n) is 4.02. The van der Waals surface area contributed by atoms with Gasteiger partial charge in [0.2, 0.25) is 11.9 Å². The number of benzene rings is 1. The number of anilines is 1. The number of esters is 1. The maximum Gasteiger partial charge on any atom is 0.419 e. The van der Waals surface area contributed by atoms with Crippen LogP contribution in [0.4, 0.5) is 15.5 Å². The summed E-state index contributed by atoms with van der Waals surface area (Å²) in [5.41, 5.74) is 0.216. The number of nitrogens with one attached hydrogen (secondary N) is 3. The molecule has 2 amide bonds. The first-order chi connectivity index (χ1) is 21.7. The highest BCUT2D eigenvalue weighted by Crippen LogP contribution is 2.34. The van der Waals surface area contributed by atoms with Crippen molar-refractivity contribution in [1.82, 2.24) is 34.4 Å². The van der Waals surface area contributed by atoms with Gasteiger partial charge in [0.05, 0.1) is 6.42 Å². The molecule has 3 N–H and O–H groups in total. The van der Waals surface area contributed by atoms with Crippen molar-refractivity contribution < 1.29 is 38.1 Å². The van der Waals surface area contributed by atoms with Crippen LogP contribution in [0.2, 0.25) is 0 Å². The van der Waals surface area contributed by atoms with Gasteiger partial charge in [0.25, 0.3) is 5.56 Å². The Morgan fingerprint density at radius 2 is 1.91 bits per heavy atom. The first-order valence-corrected chi connectivity index (χ1v) is 13.6. The van der Waals surface area contributed by atoms with Crippen molar-refractivity contribution >= 4 is 41.2 Å². The largest absolute Gasteiger partial charge is 0.467 e. The second-order valence-electron chi connectivity index (χ2n) is 9.92. The van der Waals surface area contributed by atoms with Crippen molar-refractivity contribution in [2.75, 3.05) is 18.5 Å². The van der Waals surface area contributed by atoms with E-state index >= 15 is 0 Å². The van der Waals surface area contributed by atoms with Gasteiger partial charge in [-0.1, -0.05) is 44.2 Å². The van der Waals surface area contributed by atoms with E-state index in [0.29, 0.717) is 0 Å². The topological polar surface area (TPSA) is 211 Å². The highest BCUT2D eigenvalue weighted by Gasteiger charge is 2.33. The number of carbonyl (C=O) groups excluding carboxylic acids is 4. The van der Waals surface area contributed by atoms with Gasteiger partial charge in [0.1, 0.15) is 25.8 Å². The molecule has 1 aromatic carbocycles. The molecule has 0 unspecified atom stereocenters. The number of nitrogens with zero attached hydrogens (tertiary/aromatic N) is 5. The molecule has 0 fully saturated rings. The molecule has 0 radical (unpaired) electrons. The van der Waals surface area contributed by atoms with Gasteiger partial charge in [-0.25, -0.2) is 24.1 Å². The molecular weight excluding hydrogens is 592 g/mol. The second kappa shape index (κ2) is 13.5. The normalized spacial score (nSPS) is 14.2. The molecule has 0 saturated carbocycles. The van der Waals surface area contributed by atoms with Gasteiger partial charge in [-0.05, 0) is 5.56 Å². The maximum atomic E-state index is 12.6. The number of aromatic amines is 1. The number of hydrogen-bond donors (Lipinski definition) is 3. The van der Waals surface area contributed by atoms with Gasteiger partial charge in [0, 0.05) is 18.3 Å². The van der Waals surface area contributed by atoms with Crippen LogP contribution in [0.5, 0.6) is 0 Å². The molecule has 234 valence electrons. The number of fused-ring (bicyclic) bond motifs is 1. The lowest BCUT2D eigenvalue weighted by molar-refractivity contribution is -0.143. The third-order valence-corrected chi connectivity index (χ3v) is 6.34. The van der Waals surface area contributed by atoms with E-state index in [2.05, 4.69) is 30.6 Å². The summed E-state index contributed by atoms with van der Waals surface area (Å²) in [5, 5.41) is 4.85. The number of alkyl carbamates (subject to hydrolysis) is 1. The van der Waals surface area contributed by atoms with Crippen LogP contribution >= 0.6 is 0 Å². The number of carbonyl (C=O) groups is 4. The Kier molecular flexibility index (Phi) is 9.16. The number of rotatable bonds is 10.